The molecule has 0 aliphatic carbocycles. The van der Waals surface area contributed by atoms with E-state index in [1.807, 2.05) is 7.05 Å². The van der Waals surface area contributed by atoms with Crippen molar-refractivity contribution in [3.63, 3.8) is 0 Å². The van der Waals surface area contributed by atoms with Gasteiger partial charge in [0.25, 0.3) is 5.91 Å². The lowest BCUT2D eigenvalue weighted by Crippen LogP contribution is -2.41. The number of carboxylic acid groups (broad SMARTS) is 1. The van der Waals surface area contributed by atoms with Crippen LogP contribution in [0.2, 0.25) is 0 Å². The molecule has 2 aromatic heterocycles. The van der Waals surface area contributed by atoms with Crippen molar-refractivity contribution in [3.8, 4) is 29.0 Å². The van der Waals surface area contributed by atoms with Crippen molar-refractivity contribution in [2.24, 2.45) is 7.05 Å². The molecule has 4 aromatic rings. The molecule has 4 heterocycles. The second-order valence-corrected chi connectivity index (χ2v) is 12.4. The number of halogens is 3. The molecule has 1 saturated heterocycles. The van der Waals surface area contributed by atoms with Gasteiger partial charge in [-0.3, -0.25) is 9.59 Å². The number of hydrogen-bond acceptors (Lipinski definition) is 8. The van der Waals surface area contributed by atoms with Crippen LogP contribution in [0.4, 0.5) is 29.6 Å². The Bertz CT molecular complexity index is 2080. The molecule has 2 aliphatic heterocycles. The molecule has 0 atom stereocenters. The Labute approximate surface area is 291 Å². The van der Waals surface area contributed by atoms with Gasteiger partial charge in [0.15, 0.2) is 0 Å². The highest BCUT2D eigenvalue weighted by atomic mass is 19.4. The van der Waals surface area contributed by atoms with E-state index in [9.17, 15) is 32.7 Å². The van der Waals surface area contributed by atoms with E-state index in [0.717, 1.165) is 24.1 Å². The summed E-state index contributed by atoms with van der Waals surface area (Å²) in [6.45, 7) is 1.50. The third-order valence-electron chi connectivity index (χ3n) is 8.85. The van der Waals surface area contributed by atoms with E-state index in [-0.39, 0.29) is 42.0 Å². The van der Waals surface area contributed by atoms with E-state index >= 15 is 0 Å². The number of imide groups is 1. The first kappa shape index (κ1) is 35.0. The lowest BCUT2D eigenvalue weighted by molar-refractivity contribution is -0.139. The largest absolute Gasteiger partial charge is 0.490 e. The van der Waals surface area contributed by atoms with Crippen LogP contribution in [0.5, 0.6) is 5.75 Å². The smallest absolute Gasteiger partial charge is 0.420 e. The highest BCUT2D eigenvalue weighted by molar-refractivity contribution is 6.05. The predicted molar refractivity (Wildman–Crippen MR) is 181 cm³/mol. The van der Waals surface area contributed by atoms with Crippen LogP contribution in [0.1, 0.15) is 51.1 Å². The number of fused-ring (bicyclic) bond motifs is 1. The first-order valence-electron chi connectivity index (χ1n) is 16.1. The summed E-state index contributed by atoms with van der Waals surface area (Å²) in [6, 6.07) is 11.9. The monoisotopic (exact) mass is 701 g/mol. The van der Waals surface area contributed by atoms with Crippen LogP contribution in [0, 0.1) is 11.8 Å². The van der Waals surface area contributed by atoms with Crippen molar-refractivity contribution in [3.05, 3.63) is 88.2 Å². The first-order valence-corrected chi connectivity index (χ1v) is 16.1. The quantitative estimate of drug-likeness (QED) is 0.240. The number of anilines is 2. The number of carbonyl (C=O) groups is 3. The Hall–Kier alpha value is -5.88. The lowest BCUT2D eigenvalue weighted by atomic mass is 10.1. The maximum absolute atomic E-state index is 14.0. The number of nitrogens with two attached hydrogens (primary N) is 1. The predicted octanol–water partition coefficient (Wildman–Crippen LogP) is 4.81. The summed E-state index contributed by atoms with van der Waals surface area (Å²) in [4.78, 5) is 48.6. The minimum Gasteiger partial charge on any atom is -0.490 e. The van der Waals surface area contributed by atoms with Crippen molar-refractivity contribution < 1.29 is 37.4 Å². The number of nitrogen functional groups attached to an aromatic ring is 1. The van der Waals surface area contributed by atoms with Crippen LogP contribution >= 0.6 is 0 Å². The maximum Gasteiger partial charge on any atom is 0.420 e. The molecule has 3 amide bonds. The number of hydrogen-bond donors (Lipinski definition) is 3. The van der Waals surface area contributed by atoms with E-state index in [1.165, 1.54) is 18.3 Å². The Morgan fingerprint density at radius 2 is 1.84 bits per heavy atom. The summed E-state index contributed by atoms with van der Waals surface area (Å²) in [7, 11) is 3.69. The van der Waals surface area contributed by atoms with E-state index in [0.29, 0.717) is 53.0 Å². The summed E-state index contributed by atoms with van der Waals surface area (Å²) < 4.78 is 49.4. The zero-order valence-electron chi connectivity index (χ0n) is 27.8. The molecule has 0 saturated carbocycles. The highest BCUT2D eigenvalue weighted by Crippen LogP contribution is 2.39. The van der Waals surface area contributed by atoms with Crippen LogP contribution in [0.15, 0.2) is 54.7 Å². The number of alkyl halides is 3. The van der Waals surface area contributed by atoms with Crippen LogP contribution < -0.4 is 15.8 Å². The summed E-state index contributed by atoms with van der Waals surface area (Å²) in [5.41, 5.74) is 8.18. The number of amides is 3. The number of likely N-dealkylation sites (tertiary alicyclic amines) is 1. The van der Waals surface area contributed by atoms with Crippen molar-refractivity contribution in [1.82, 2.24) is 24.3 Å². The summed E-state index contributed by atoms with van der Waals surface area (Å²) in [5, 5.41) is 12.0. The number of nitrogens with zero attached hydrogens (tertiary/aromatic N) is 5. The molecule has 0 spiro atoms. The normalized spacial score (nSPS) is 15.2. The Morgan fingerprint density at radius 1 is 1.08 bits per heavy atom. The number of aromatic nitrogens is 3. The van der Waals surface area contributed by atoms with Gasteiger partial charge in [-0.05, 0) is 61.9 Å². The fourth-order valence-electron chi connectivity index (χ4n) is 6.19. The summed E-state index contributed by atoms with van der Waals surface area (Å²) in [5.74, 6) is 4.61. The molecule has 12 nitrogen and oxygen atoms in total. The molecule has 2 aromatic carbocycles. The van der Waals surface area contributed by atoms with Gasteiger partial charge < -0.3 is 30.4 Å². The van der Waals surface area contributed by atoms with Crippen LogP contribution in [0.25, 0.3) is 11.4 Å². The standard InChI is InChI=1S/C36H34F3N7O5/c1-44-13-10-25(11-14-44)51-30-9-8-24(18-27(30)36(37,38)39)42-31(47)17-22-5-3-4-21(16-22)6-7-23-20-41-34(40)43-32(23)29-19-26-28(45(29)2)12-15-46(33(26)48)35(49)50/h3-5,8-9,16,18-20,25H,10-15,17H2,1-2H3,(H,42,47)(H,49,50)(H2,40,41,43). The van der Waals surface area contributed by atoms with Gasteiger partial charge in [0, 0.05) is 56.2 Å². The molecule has 15 heteroatoms. The minimum absolute atomic E-state index is 0.00500. The first-order chi connectivity index (χ1) is 24.3. The molecule has 0 unspecified atom stereocenters. The zero-order valence-corrected chi connectivity index (χ0v) is 27.8. The fourth-order valence-corrected chi connectivity index (χ4v) is 6.19. The van der Waals surface area contributed by atoms with E-state index < -0.39 is 29.6 Å². The molecule has 51 heavy (non-hydrogen) atoms. The molecule has 6 rings (SSSR count). The second kappa shape index (κ2) is 14.2. The molecule has 0 bridgehead atoms. The van der Waals surface area contributed by atoms with Crippen LogP contribution in [-0.2, 0) is 30.9 Å². The lowest BCUT2D eigenvalue weighted by Gasteiger charge is -2.30. The van der Waals surface area contributed by atoms with E-state index in [4.69, 9.17) is 10.5 Å². The van der Waals surface area contributed by atoms with E-state index in [1.54, 1.807) is 41.9 Å². The van der Waals surface area contributed by atoms with Gasteiger partial charge in [-0.25, -0.2) is 19.7 Å². The van der Waals surface area contributed by atoms with E-state index in [2.05, 4.69) is 32.0 Å². The fraction of sp³-hybridized carbons (Fsp3) is 0.306. The Morgan fingerprint density at radius 3 is 2.57 bits per heavy atom. The topological polar surface area (TPSA) is 156 Å². The molecular formula is C36H34F3N7O5. The molecule has 4 N–H and O–H groups in total. The van der Waals surface area contributed by atoms with Gasteiger partial charge in [0.1, 0.15) is 17.5 Å². The highest BCUT2D eigenvalue weighted by Gasteiger charge is 2.36. The number of benzene rings is 2. The van der Waals surface area contributed by atoms with Crippen molar-refractivity contribution in [1.29, 1.82) is 0 Å². The summed E-state index contributed by atoms with van der Waals surface area (Å²) in [6.07, 6.45) is -3.44. The third kappa shape index (κ3) is 7.81. The number of ether oxygens (including phenoxy) is 1. The minimum atomic E-state index is -4.68. The number of piperidine rings is 1. The molecular weight excluding hydrogens is 667 g/mol. The molecule has 264 valence electrons. The average Bonchev–Trinajstić information content (AvgIpc) is 3.42. The molecule has 0 radical (unpaired) electrons. The molecule has 1 fully saturated rings. The Kier molecular flexibility index (Phi) is 9.71. The van der Waals surface area contributed by atoms with Crippen molar-refractivity contribution in [2.75, 3.05) is 37.7 Å². The van der Waals surface area contributed by atoms with Gasteiger partial charge >= 0.3 is 12.3 Å². The third-order valence-corrected chi connectivity index (χ3v) is 8.85. The second-order valence-electron chi connectivity index (χ2n) is 12.4. The average molecular weight is 702 g/mol. The van der Waals surface area contributed by atoms with Crippen LogP contribution in [-0.4, -0.2) is 80.1 Å². The van der Waals surface area contributed by atoms with Gasteiger partial charge in [-0.15, -0.1) is 0 Å². The maximum atomic E-state index is 14.0. The summed E-state index contributed by atoms with van der Waals surface area (Å²) >= 11 is 0. The Balaban J connectivity index is 1.18. The number of carbonyl (C=O) groups excluding carboxylic acids is 2. The van der Waals surface area contributed by atoms with Gasteiger partial charge in [-0.2, -0.15) is 13.2 Å². The molecule has 2 aliphatic rings. The SMILES string of the molecule is CN1CCC(Oc2ccc(NC(=O)Cc3cccc(C#Cc4cnc(N)nc4-c4cc5c(n4C)CCN(C(=O)O)C5=O)c3)cc2C(F)(F)F)CC1. The van der Waals surface area contributed by atoms with Crippen molar-refractivity contribution >= 4 is 29.5 Å². The van der Waals surface area contributed by atoms with Gasteiger partial charge in [0.05, 0.1) is 28.8 Å². The van der Waals surface area contributed by atoms with Gasteiger partial charge in [0.2, 0.25) is 11.9 Å². The number of nitrogens with one attached hydrogen (secondary N) is 1. The number of rotatable bonds is 6. The van der Waals surface area contributed by atoms with Crippen molar-refractivity contribution in [2.45, 2.75) is 38.0 Å². The zero-order chi connectivity index (χ0) is 36.4. The van der Waals surface area contributed by atoms with Gasteiger partial charge in [-0.1, -0.05) is 24.0 Å². The van der Waals surface area contributed by atoms with Crippen LogP contribution in [0.3, 0.4) is 0 Å².